The molecule has 4 heterocycles. The van der Waals surface area contributed by atoms with E-state index in [-0.39, 0.29) is 38.1 Å². The Labute approximate surface area is 262 Å². The molecule has 1 aromatic carbocycles. The number of hydrogen-bond donors (Lipinski definition) is 0. The third-order valence-electron chi connectivity index (χ3n) is 7.98. The number of ether oxygens (including phenoxy) is 1. The number of amides is 2. The minimum Gasteiger partial charge on any atom is -0.474 e. The van der Waals surface area contributed by atoms with E-state index in [2.05, 4.69) is 20.9 Å². The van der Waals surface area contributed by atoms with Crippen LogP contribution < -0.4 is 4.74 Å². The SMILES string of the molecule is CCC[C@H]1N(C(=O)c2ncccc2C(F)(F)F)CCC[C@@]1(Oc1csc(C(F)(F)F)c1)C(=O)N1CCc2ccc(Br)cc2C1. The molecule has 0 unspecified atom stereocenters. The van der Waals surface area contributed by atoms with E-state index in [1.807, 2.05) is 18.2 Å². The Hall–Kier alpha value is -3.13. The molecular formula is C30H28BrF6N3O3S. The molecule has 2 atom stereocenters. The number of hydrogen-bond acceptors (Lipinski definition) is 5. The lowest BCUT2D eigenvalue weighted by Crippen LogP contribution is -2.68. The normalized spacial score (nSPS) is 20.8. The van der Waals surface area contributed by atoms with Crippen LogP contribution in [0.25, 0.3) is 0 Å². The minimum absolute atomic E-state index is 0.0168. The maximum absolute atomic E-state index is 14.6. The maximum Gasteiger partial charge on any atom is 0.425 e. The molecule has 44 heavy (non-hydrogen) atoms. The number of nitrogens with zero attached hydrogens (tertiary/aromatic N) is 3. The monoisotopic (exact) mass is 703 g/mol. The summed E-state index contributed by atoms with van der Waals surface area (Å²) in [4.78, 5) is 34.1. The molecule has 0 radical (unpaired) electrons. The fourth-order valence-electron chi connectivity index (χ4n) is 6.04. The number of rotatable bonds is 6. The highest BCUT2D eigenvalue weighted by Crippen LogP contribution is 2.43. The van der Waals surface area contributed by atoms with E-state index in [9.17, 15) is 35.9 Å². The van der Waals surface area contributed by atoms with E-state index in [1.165, 1.54) is 4.90 Å². The summed E-state index contributed by atoms with van der Waals surface area (Å²) in [6.07, 6.45) is -7.12. The van der Waals surface area contributed by atoms with Crippen molar-refractivity contribution < 1.29 is 40.7 Å². The third kappa shape index (κ3) is 6.33. The Morgan fingerprint density at radius 2 is 1.86 bits per heavy atom. The van der Waals surface area contributed by atoms with Crippen LogP contribution in [0.4, 0.5) is 26.3 Å². The zero-order valence-corrected chi connectivity index (χ0v) is 25.9. The van der Waals surface area contributed by atoms with Gasteiger partial charge < -0.3 is 14.5 Å². The number of thiophene rings is 1. The molecule has 6 nitrogen and oxygen atoms in total. The fourth-order valence-corrected chi connectivity index (χ4v) is 7.13. The van der Waals surface area contributed by atoms with Gasteiger partial charge in [0.15, 0.2) is 0 Å². The van der Waals surface area contributed by atoms with Gasteiger partial charge in [-0.2, -0.15) is 26.3 Å². The summed E-state index contributed by atoms with van der Waals surface area (Å²) in [5.74, 6) is -1.75. The molecular weight excluding hydrogens is 676 g/mol. The highest BCUT2D eigenvalue weighted by Gasteiger charge is 2.56. The predicted octanol–water partition coefficient (Wildman–Crippen LogP) is 7.75. The van der Waals surface area contributed by atoms with Gasteiger partial charge in [0, 0.05) is 48.2 Å². The van der Waals surface area contributed by atoms with Gasteiger partial charge in [0.05, 0.1) is 11.6 Å². The van der Waals surface area contributed by atoms with Crippen LogP contribution in [-0.4, -0.2) is 51.3 Å². The van der Waals surface area contributed by atoms with Gasteiger partial charge in [-0.1, -0.05) is 35.3 Å². The molecule has 2 aliphatic heterocycles. The molecule has 236 valence electrons. The molecule has 0 spiro atoms. The van der Waals surface area contributed by atoms with Crippen molar-refractivity contribution in [2.24, 2.45) is 0 Å². The van der Waals surface area contributed by atoms with Crippen molar-refractivity contribution in [2.75, 3.05) is 13.1 Å². The standard InChI is InChI=1S/C30H28BrF6N3O3S/c1-2-5-23-28(43-21-15-24(44-17-21)30(35,36)37,27(42)39-13-9-18-7-8-20(31)14-19(18)16-39)10-4-12-40(23)26(41)25-22(29(32,33)34)6-3-11-38-25/h3,6-8,11,14-15,17,23H,2,4-5,9-10,12-13,16H2,1H3/t23-,28+/m1/s1. The summed E-state index contributed by atoms with van der Waals surface area (Å²) in [6, 6.07) is 7.30. The van der Waals surface area contributed by atoms with Crippen LogP contribution in [0.5, 0.6) is 5.75 Å². The van der Waals surface area contributed by atoms with E-state index in [0.717, 1.165) is 45.4 Å². The first kappa shape index (κ1) is 32.3. The zero-order chi connectivity index (χ0) is 31.9. The largest absolute Gasteiger partial charge is 0.474 e. The lowest BCUT2D eigenvalue weighted by atomic mass is 9.79. The van der Waals surface area contributed by atoms with Crippen LogP contribution in [-0.2, 0) is 30.1 Å². The van der Waals surface area contributed by atoms with Gasteiger partial charge in [-0.3, -0.25) is 14.6 Å². The summed E-state index contributed by atoms with van der Waals surface area (Å²) < 4.78 is 89.3. The number of benzene rings is 1. The third-order valence-corrected chi connectivity index (χ3v) is 9.43. The molecule has 0 N–H and O–H groups in total. The topological polar surface area (TPSA) is 62.7 Å². The number of pyridine rings is 1. The summed E-state index contributed by atoms with van der Waals surface area (Å²) in [5, 5.41) is 1.16. The van der Waals surface area contributed by atoms with E-state index in [0.29, 0.717) is 30.7 Å². The number of carbonyl (C=O) groups is 2. The van der Waals surface area contributed by atoms with Crippen LogP contribution >= 0.6 is 27.3 Å². The molecule has 0 saturated carbocycles. The number of carbonyl (C=O) groups excluding carboxylic acids is 2. The number of halogens is 7. The van der Waals surface area contributed by atoms with Gasteiger partial charge in [-0.25, -0.2) is 0 Å². The van der Waals surface area contributed by atoms with Crippen molar-refractivity contribution in [3.63, 3.8) is 0 Å². The number of piperidine rings is 1. The summed E-state index contributed by atoms with van der Waals surface area (Å²) in [7, 11) is 0. The lowest BCUT2D eigenvalue weighted by molar-refractivity contribution is -0.160. The van der Waals surface area contributed by atoms with E-state index < -0.39 is 51.9 Å². The Kier molecular flexibility index (Phi) is 9.05. The van der Waals surface area contributed by atoms with E-state index >= 15 is 0 Å². The molecule has 5 rings (SSSR count). The smallest absolute Gasteiger partial charge is 0.425 e. The van der Waals surface area contributed by atoms with Crippen molar-refractivity contribution in [1.29, 1.82) is 0 Å². The Morgan fingerprint density at radius 1 is 1.09 bits per heavy atom. The number of alkyl halides is 6. The van der Waals surface area contributed by atoms with Gasteiger partial charge in [-0.15, -0.1) is 11.3 Å². The van der Waals surface area contributed by atoms with Crippen molar-refractivity contribution in [1.82, 2.24) is 14.8 Å². The highest BCUT2D eigenvalue weighted by molar-refractivity contribution is 9.10. The van der Waals surface area contributed by atoms with Gasteiger partial charge in [-0.05, 0) is 54.7 Å². The van der Waals surface area contributed by atoms with Gasteiger partial charge in [0.2, 0.25) is 5.60 Å². The number of likely N-dealkylation sites (tertiary alicyclic amines) is 1. The minimum atomic E-state index is -4.86. The Balaban J connectivity index is 1.59. The second-order valence-electron chi connectivity index (χ2n) is 10.8. The fraction of sp³-hybridized carbons (Fsp3) is 0.433. The maximum atomic E-state index is 14.6. The molecule has 14 heteroatoms. The van der Waals surface area contributed by atoms with Crippen LogP contribution in [0.15, 0.2) is 52.4 Å². The predicted molar refractivity (Wildman–Crippen MR) is 154 cm³/mol. The van der Waals surface area contributed by atoms with Crippen molar-refractivity contribution >= 4 is 39.1 Å². The summed E-state index contributed by atoms with van der Waals surface area (Å²) >= 11 is 3.85. The van der Waals surface area contributed by atoms with Crippen LogP contribution in [0.2, 0.25) is 0 Å². The first-order valence-corrected chi connectivity index (χ1v) is 15.7. The lowest BCUT2D eigenvalue weighted by Gasteiger charge is -2.50. The van der Waals surface area contributed by atoms with Crippen LogP contribution in [0.1, 0.15) is 64.7 Å². The van der Waals surface area contributed by atoms with Gasteiger partial charge in [0.1, 0.15) is 16.3 Å². The molecule has 3 aromatic rings. The first-order valence-electron chi connectivity index (χ1n) is 14.0. The molecule has 1 fully saturated rings. The number of aromatic nitrogens is 1. The summed E-state index contributed by atoms with van der Waals surface area (Å²) in [5.41, 5.74) is -1.96. The molecule has 1 saturated heterocycles. The molecule has 0 aliphatic carbocycles. The highest BCUT2D eigenvalue weighted by atomic mass is 79.9. The van der Waals surface area contributed by atoms with Gasteiger partial charge >= 0.3 is 12.4 Å². The molecule has 2 aliphatic rings. The van der Waals surface area contributed by atoms with Crippen molar-refractivity contribution in [3.8, 4) is 5.75 Å². The first-order chi connectivity index (χ1) is 20.7. The van der Waals surface area contributed by atoms with Crippen LogP contribution in [0.3, 0.4) is 0 Å². The second-order valence-corrected chi connectivity index (χ2v) is 12.7. The van der Waals surface area contributed by atoms with E-state index in [4.69, 9.17) is 4.74 Å². The summed E-state index contributed by atoms with van der Waals surface area (Å²) in [6.45, 7) is 2.29. The van der Waals surface area contributed by atoms with Gasteiger partial charge in [0.25, 0.3) is 11.8 Å². The zero-order valence-electron chi connectivity index (χ0n) is 23.5. The second kappa shape index (κ2) is 12.3. The number of fused-ring (bicyclic) bond motifs is 1. The Bertz CT molecular complexity index is 1540. The average Bonchev–Trinajstić information content (AvgIpc) is 3.45. The Morgan fingerprint density at radius 3 is 2.55 bits per heavy atom. The quantitative estimate of drug-likeness (QED) is 0.247. The molecule has 2 amide bonds. The van der Waals surface area contributed by atoms with Crippen LogP contribution in [0, 0.1) is 0 Å². The average molecular weight is 705 g/mol. The van der Waals surface area contributed by atoms with Crippen molar-refractivity contribution in [2.45, 2.75) is 69.6 Å². The van der Waals surface area contributed by atoms with Crippen molar-refractivity contribution in [3.05, 3.63) is 79.7 Å². The molecule has 0 bridgehead atoms. The molecule has 2 aromatic heterocycles. The van der Waals surface area contributed by atoms with E-state index in [1.54, 1.807) is 11.8 Å².